The minimum Gasteiger partial charge on any atom is -0.379 e. The van der Waals surface area contributed by atoms with E-state index in [4.69, 9.17) is 4.74 Å². The average Bonchev–Trinajstić information content (AvgIpc) is 3.08. The first-order valence-electron chi connectivity index (χ1n) is 11.0. The van der Waals surface area contributed by atoms with Gasteiger partial charge in [0.1, 0.15) is 5.70 Å². The number of carbonyl (C=O) groups excluding carboxylic acids is 3. The van der Waals surface area contributed by atoms with Crippen molar-refractivity contribution in [1.82, 2.24) is 9.80 Å². The van der Waals surface area contributed by atoms with Gasteiger partial charge in [0.25, 0.3) is 11.8 Å². The Kier molecular flexibility index (Phi) is 6.86. The number of anilines is 2. The molecule has 3 amide bonds. The Morgan fingerprint density at radius 3 is 2.27 bits per heavy atom. The second-order valence-electron chi connectivity index (χ2n) is 8.09. The Hall–Kier alpha value is -3.49. The summed E-state index contributed by atoms with van der Waals surface area (Å²) >= 11 is 0. The molecule has 4 rings (SSSR count). The van der Waals surface area contributed by atoms with E-state index in [1.165, 1.54) is 11.8 Å². The Morgan fingerprint density at radius 1 is 0.970 bits per heavy atom. The number of hydrogen-bond donors (Lipinski definition) is 1. The first-order chi connectivity index (χ1) is 16.0. The average molecular weight is 449 g/mol. The molecule has 0 aromatic heterocycles. The fourth-order valence-corrected chi connectivity index (χ4v) is 4.11. The molecule has 0 radical (unpaired) electrons. The number of amides is 3. The molecule has 1 fully saturated rings. The SMILES string of the molecule is CC(=O)Nc1ccc(C2=C(N(C)c3ccccc3)C(=O)N(CCN3CCOCC3)C2=O)cc1. The molecule has 1 saturated heterocycles. The number of carbonyl (C=O) groups is 3. The number of nitrogens with one attached hydrogen (secondary N) is 1. The zero-order valence-electron chi connectivity index (χ0n) is 18.9. The van der Waals surface area contributed by atoms with E-state index >= 15 is 0 Å². The van der Waals surface area contributed by atoms with Gasteiger partial charge in [0.2, 0.25) is 5.91 Å². The van der Waals surface area contributed by atoms with E-state index in [9.17, 15) is 14.4 Å². The molecule has 0 atom stereocenters. The number of rotatable bonds is 7. The van der Waals surface area contributed by atoms with Gasteiger partial charge in [-0.25, -0.2) is 0 Å². The van der Waals surface area contributed by atoms with Crippen molar-refractivity contribution < 1.29 is 19.1 Å². The summed E-state index contributed by atoms with van der Waals surface area (Å²) < 4.78 is 5.39. The minimum absolute atomic E-state index is 0.173. The molecule has 172 valence electrons. The molecular weight excluding hydrogens is 420 g/mol. The second-order valence-corrected chi connectivity index (χ2v) is 8.09. The number of ether oxygens (including phenoxy) is 1. The lowest BCUT2D eigenvalue weighted by Gasteiger charge is -2.28. The zero-order chi connectivity index (χ0) is 23.4. The predicted molar refractivity (Wildman–Crippen MR) is 126 cm³/mol. The lowest BCUT2D eigenvalue weighted by molar-refractivity contribution is -0.137. The largest absolute Gasteiger partial charge is 0.379 e. The summed E-state index contributed by atoms with van der Waals surface area (Å²) in [4.78, 5) is 43.7. The standard InChI is InChI=1S/C25H28N4O4/c1-18(30)26-20-10-8-19(9-11-20)22-23(27(2)21-6-4-3-5-7-21)25(32)29(24(22)31)13-12-28-14-16-33-17-15-28/h3-11H,12-17H2,1-2H3,(H,26,30). The molecule has 8 heteroatoms. The lowest BCUT2D eigenvalue weighted by Crippen LogP contribution is -2.44. The van der Waals surface area contributed by atoms with Crippen molar-refractivity contribution in [3.63, 3.8) is 0 Å². The molecule has 0 unspecified atom stereocenters. The normalized spacial score (nSPS) is 17.0. The molecule has 2 aromatic rings. The van der Waals surface area contributed by atoms with Crippen molar-refractivity contribution in [2.24, 2.45) is 0 Å². The van der Waals surface area contributed by atoms with Gasteiger partial charge in [-0.2, -0.15) is 0 Å². The van der Waals surface area contributed by atoms with E-state index in [1.54, 1.807) is 36.2 Å². The van der Waals surface area contributed by atoms with E-state index in [1.807, 2.05) is 30.3 Å². The third-order valence-electron chi connectivity index (χ3n) is 5.86. The van der Waals surface area contributed by atoms with Gasteiger partial charge < -0.3 is 15.0 Å². The molecule has 33 heavy (non-hydrogen) atoms. The predicted octanol–water partition coefficient (Wildman–Crippen LogP) is 2.19. The maximum absolute atomic E-state index is 13.5. The molecule has 2 heterocycles. The maximum atomic E-state index is 13.5. The van der Waals surface area contributed by atoms with E-state index in [-0.39, 0.29) is 17.7 Å². The number of benzene rings is 2. The van der Waals surface area contributed by atoms with Crippen LogP contribution in [0, 0.1) is 0 Å². The third kappa shape index (κ3) is 4.97. The van der Waals surface area contributed by atoms with Crippen LogP contribution in [0.15, 0.2) is 60.3 Å². The molecule has 1 N–H and O–H groups in total. The smallest absolute Gasteiger partial charge is 0.278 e. The number of morpholine rings is 1. The van der Waals surface area contributed by atoms with E-state index in [0.29, 0.717) is 48.8 Å². The molecule has 2 aliphatic heterocycles. The molecule has 2 aliphatic rings. The summed E-state index contributed by atoms with van der Waals surface area (Å²) in [5, 5.41) is 2.72. The van der Waals surface area contributed by atoms with Gasteiger partial charge in [0.15, 0.2) is 0 Å². The molecule has 0 spiro atoms. The van der Waals surface area contributed by atoms with Gasteiger partial charge in [-0.1, -0.05) is 30.3 Å². The van der Waals surface area contributed by atoms with Gasteiger partial charge >= 0.3 is 0 Å². The lowest BCUT2D eigenvalue weighted by atomic mass is 10.0. The van der Waals surface area contributed by atoms with Gasteiger partial charge in [-0.05, 0) is 29.8 Å². The summed E-state index contributed by atoms with van der Waals surface area (Å²) in [5.74, 6) is -0.785. The van der Waals surface area contributed by atoms with Gasteiger partial charge in [-0.3, -0.25) is 24.2 Å². The van der Waals surface area contributed by atoms with E-state index < -0.39 is 0 Å². The summed E-state index contributed by atoms with van der Waals surface area (Å²) in [6.07, 6.45) is 0. The Bertz CT molecular complexity index is 1060. The van der Waals surface area contributed by atoms with Crippen LogP contribution in [0.1, 0.15) is 12.5 Å². The second kappa shape index (κ2) is 9.97. The monoisotopic (exact) mass is 448 g/mol. The molecule has 2 aromatic carbocycles. The summed E-state index contributed by atoms with van der Waals surface area (Å²) in [5.41, 5.74) is 2.79. The minimum atomic E-state index is -0.307. The van der Waals surface area contributed by atoms with Crippen molar-refractivity contribution in [2.45, 2.75) is 6.92 Å². The summed E-state index contributed by atoms with van der Waals surface area (Å²) in [6.45, 7) is 5.27. The van der Waals surface area contributed by atoms with E-state index in [0.717, 1.165) is 18.8 Å². The molecule has 0 bridgehead atoms. The van der Waals surface area contributed by atoms with Crippen LogP contribution in [0.2, 0.25) is 0 Å². The highest BCUT2D eigenvalue weighted by atomic mass is 16.5. The van der Waals surface area contributed by atoms with Crippen LogP contribution in [-0.2, 0) is 19.1 Å². The number of imide groups is 1. The van der Waals surface area contributed by atoms with Crippen LogP contribution >= 0.6 is 0 Å². The van der Waals surface area contributed by atoms with Crippen molar-refractivity contribution >= 4 is 34.7 Å². The van der Waals surface area contributed by atoms with Crippen LogP contribution in [0.25, 0.3) is 5.57 Å². The highest BCUT2D eigenvalue weighted by molar-refractivity contribution is 6.36. The van der Waals surface area contributed by atoms with Crippen LogP contribution < -0.4 is 10.2 Å². The van der Waals surface area contributed by atoms with Crippen molar-refractivity contribution in [2.75, 3.05) is 56.7 Å². The van der Waals surface area contributed by atoms with Crippen LogP contribution in [0.3, 0.4) is 0 Å². The summed E-state index contributed by atoms with van der Waals surface area (Å²) in [6, 6.07) is 16.5. The Labute approximate surface area is 193 Å². The molecular formula is C25H28N4O4. The van der Waals surface area contributed by atoms with Crippen LogP contribution in [0.4, 0.5) is 11.4 Å². The third-order valence-corrected chi connectivity index (χ3v) is 5.86. The van der Waals surface area contributed by atoms with Crippen LogP contribution in [-0.4, -0.2) is 74.0 Å². The fourth-order valence-electron chi connectivity index (χ4n) is 4.11. The first kappa shape index (κ1) is 22.7. The Morgan fingerprint density at radius 2 is 1.64 bits per heavy atom. The Balaban J connectivity index is 1.65. The molecule has 0 saturated carbocycles. The highest BCUT2D eigenvalue weighted by Gasteiger charge is 2.41. The van der Waals surface area contributed by atoms with Crippen LogP contribution in [0.5, 0.6) is 0 Å². The number of likely N-dealkylation sites (N-methyl/N-ethyl adjacent to an activating group) is 1. The maximum Gasteiger partial charge on any atom is 0.278 e. The van der Waals surface area contributed by atoms with Crippen molar-refractivity contribution in [3.05, 3.63) is 65.9 Å². The number of hydrogen-bond acceptors (Lipinski definition) is 6. The van der Waals surface area contributed by atoms with Crippen molar-refractivity contribution in [3.8, 4) is 0 Å². The number of para-hydroxylation sites is 1. The number of nitrogens with zero attached hydrogens (tertiary/aromatic N) is 3. The fraction of sp³-hybridized carbons (Fsp3) is 0.320. The first-order valence-corrected chi connectivity index (χ1v) is 11.0. The quantitative estimate of drug-likeness (QED) is 0.654. The molecule has 0 aliphatic carbocycles. The zero-order valence-corrected chi connectivity index (χ0v) is 18.9. The van der Waals surface area contributed by atoms with Gasteiger partial charge in [0, 0.05) is 51.5 Å². The molecule has 8 nitrogen and oxygen atoms in total. The van der Waals surface area contributed by atoms with Gasteiger partial charge in [0.05, 0.1) is 18.8 Å². The summed E-state index contributed by atoms with van der Waals surface area (Å²) in [7, 11) is 1.80. The van der Waals surface area contributed by atoms with Crippen molar-refractivity contribution in [1.29, 1.82) is 0 Å². The highest BCUT2D eigenvalue weighted by Crippen LogP contribution is 2.33. The van der Waals surface area contributed by atoms with Gasteiger partial charge in [-0.15, -0.1) is 0 Å². The van der Waals surface area contributed by atoms with E-state index in [2.05, 4.69) is 10.2 Å². The topological polar surface area (TPSA) is 82.2 Å².